The Labute approximate surface area is 205 Å². The molecule has 0 aromatic heterocycles. The molecule has 2 aliphatic heterocycles. The van der Waals surface area contributed by atoms with Gasteiger partial charge in [0.1, 0.15) is 12.8 Å². The first-order chi connectivity index (χ1) is 15.8. The summed E-state index contributed by atoms with van der Waals surface area (Å²) < 4.78 is 11.6. The van der Waals surface area contributed by atoms with E-state index in [4.69, 9.17) is 32.7 Å². The molecule has 0 aliphatic carbocycles. The third kappa shape index (κ3) is 4.94. The molecule has 0 spiro atoms. The van der Waals surface area contributed by atoms with Crippen molar-refractivity contribution in [3.8, 4) is 11.5 Å². The van der Waals surface area contributed by atoms with Crippen molar-refractivity contribution in [1.82, 2.24) is 4.90 Å². The number of carbonyl (C=O) groups excluding carboxylic acids is 1. The van der Waals surface area contributed by atoms with Crippen molar-refractivity contribution in [2.75, 3.05) is 38.3 Å². The summed E-state index contributed by atoms with van der Waals surface area (Å²) in [5.74, 6) is 1.01. The van der Waals surface area contributed by atoms with Gasteiger partial charge in [-0.15, -0.1) is 0 Å². The Morgan fingerprint density at radius 3 is 2.52 bits per heavy atom. The summed E-state index contributed by atoms with van der Waals surface area (Å²) >= 11 is 12.2. The Balaban J connectivity index is 1.55. The van der Waals surface area contributed by atoms with Crippen LogP contribution in [0.1, 0.15) is 38.2 Å². The molecule has 0 bridgehead atoms. The van der Waals surface area contributed by atoms with Gasteiger partial charge in [0.05, 0.1) is 22.6 Å². The number of hydrogen-bond acceptors (Lipinski definition) is 5. The van der Waals surface area contributed by atoms with Gasteiger partial charge in [-0.3, -0.25) is 14.6 Å². The van der Waals surface area contributed by atoms with Gasteiger partial charge in [-0.1, -0.05) is 35.7 Å². The topological polar surface area (TPSA) is 62.2 Å². The van der Waals surface area contributed by atoms with Crippen LogP contribution in [0.15, 0.2) is 36.4 Å². The Bertz CT molecular complexity index is 1010. The van der Waals surface area contributed by atoms with Crippen LogP contribution in [0.5, 0.6) is 11.5 Å². The van der Waals surface area contributed by atoms with Gasteiger partial charge in [-0.05, 0) is 68.8 Å². The second-order valence-corrected chi connectivity index (χ2v) is 9.72. The molecular weight excluding hydrogens is 463 g/mol. The zero-order chi connectivity index (χ0) is 23.6. The van der Waals surface area contributed by atoms with Crippen LogP contribution >= 0.6 is 23.2 Å². The highest BCUT2D eigenvalue weighted by Gasteiger charge is 2.50. The minimum atomic E-state index is -0.981. The lowest BCUT2D eigenvalue weighted by atomic mass is 9.80. The number of nitrogens with zero attached hydrogens (tertiary/aromatic N) is 2. The van der Waals surface area contributed by atoms with Crippen LogP contribution in [0.25, 0.3) is 0 Å². The summed E-state index contributed by atoms with van der Waals surface area (Å²) in [6.07, 6.45) is 3.02. The minimum Gasteiger partial charge on any atom is -0.493 e. The highest BCUT2D eigenvalue weighted by Crippen LogP contribution is 2.43. The number of aliphatic hydroxyl groups excluding tert-OH is 1. The molecule has 0 radical (unpaired) electrons. The summed E-state index contributed by atoms with van der Waals surface area (Å²) in [7, 11) is 1.60. The lowest BCUT2D eigenvalue weighted by molar-refractivity contribution is -0.121. The lowest BCUT2D eigenvalue weighted by Crippen LogP contribution is -2.37. The highest BCUT2D eigenvalue weighted by molar-refractivity contribution is 6.42. The van der Waals surface area contributed by atoms with Crippen LogP contribution in [-0.2, 0) is 10.2 Å². The predicted molar refractivity (Wildman–Crippen MR) is 131 cm³/mol. The number of anilines is 1. The van der Waals surface area contributed by atoms with Crippen molar-refractivity contribution in [2.45, 2.75) is 44.2 Å². The maximum Gasteiger partial charge on any atom is 0.239 e. The van der Waals surface area contributed by atoms with E-state index in [1.54, 1.807) is 25.3 Å². The normalized spacial score (nSPS) is 23.7. The van der Waals surface area contributed by atoms with Crippen molar-refractivity contribution < 1.29 is 19.4 Å². The van der Waals surface area contributed by atoms with Crippen LogP contribution in [0, 0.1) is 0 Å². The average molecular weight is 493 g/mol. The van der Waals surface area contributed by atoms with Crippen LogP contribution in [-0.4, -0.2) is 55.5 Å². The number of piperidine rings is 1. The molecule has 2 unspecified atom stereocenters. The monoisotopic (exact) mass is 492 g/mol. The van der Waals surface area contributed by atoms with E-state index in [0.717, 1.165) is 25.2 Å². The van der Waals surface area contributed by atoms with E-state index in [-0.39, 0.29) is 12.3 Å². The Morgan fingerprint density at radius 2 is 1.82 bits per heavy atom. The number of ether oxygens (including phenoxy) is 2. The van der Waals surface area contributed by atoms with Crippen LogP contribution < -0.4 is 14.4 Å². The molecule has 2 atom stereocenters. The first kappa shape index (κ1) is 24.1. The van der Waals surface area contributed by atoms with Gasteiger partial charge in [-0.25, -0.2) is 0 Å². The third-order valence-electron chi connectivity index (χ3n) is 6.68. The smallest absolute Gasteiger partial charge is 0.239 e. The quantitative estimate of drug-likeness (QED) is 0.596. The Hall–Kier alpha value is -1.99. The van der Waals surface area contributed by atoms with Crippen molar-refractivity contribution in [2.24, 2.45) is 0 Å². The van der Waals surface area contributed by atoms with Gasteiger partial charge in [0.2, 0.25) is 5.91 Å². The fourth-order valence-corrected chi connectivity index (χ4v) is 5.00. The number of aliphatic hydroxyl groups is 1. The molecule has 4 rings (SSSR count). The maximum absolute atomic E-state index is 13.5. The second kappa shape index (κ2) is 10.1. The highest BCUT2D eigenvalue weighted by atomic mass is 35.5. The SMILES string of the molecule is COc1ccc(C2(C)CC(O)N(c3ccc(Cl)c(Cl)c3)C2=O)cc1OCCN1CCCCC1. The summed E-state index contributed by atoms with van der Waals surface area (Å²) in [5.41, 5.74) is 0.350. The maximum atomic E-state index is 13.5. The molecule has 2 fully saturated rings. The van der Waals surface area contributed by atoms with Gasteiger partial charge in [0.15, 0.2) is 11.5 Å². The summed E-state index contributed by atoms with van der Waals surface area (Å²) in [6, 6.07) is 10.4. The summed E-state index contributed by atoms with van der Waals surface area (Å²) in [4.78, 5) is 17.3. The van der Waals surface area contributed by atoms with Crippen molar-refractivity contribution in [3.05, 3.63) is 52.0 Å². The molecular formula is C25H30Cl2N2O4. The van der Waals surface area contributed by atoms with Gasteiger partial charge in [0, 0.05) is 18.7 Å². The molecule has 0 saturated carbocycles. The summed E-state index contributed by atoms with van der Waals surface area (Å²) in [5, 5.41) is 11.5. The summed E-state index contributed by atoms with van der Waals surface area (Å²) in [6.45, 7) is 5.45. The second-order valence-electron chi connectivity index (χ2n) is 8.91. The number of methoxy groups -OCH3 is 1. The van der Waals surface area contributed by atoms with Crippen LogP contribution in [0.2, 0.25) is 10.0 Å². The predicted octanol–water partition coefficient (Wildman–Crippen LogP) is 4.88. The van der Waals surface area contributed by atoms with E-state index in [2.05, 4.69) is 4.90 Å². The van der Waals surface area contributed by atoms with Gasteiger partial charge < -0.3 is 14.6 Å². The third-order valence-corrected chi connectivity index (χ3v) is 7.41. The molecule has 8 heteroatoms. The fraction of sp³-hybridized carbons (Fsp3) is 0.480. The minimum absolute atomic E-state index is 0.210. The molecule has 2 saturated heterocycles. The van der Waals surface area contributed by atoms with Gasteiger partial charge >= 0.3 is 0 Å². The molecule has 2 aromatic carbocycles. The molecule has 6 nitrogen and oxygen atoms in total. The Morgan fingerprint density at radius 1 is 1.06 bits per heavy atom. The molecule has 1 N–H and O–H groups in total. The number of hydrogen-bond donors (Lipinski definition) is 1. The number of carbonyl (C=O) groups is 1. The first-order valence-corrected chi connectivity index (χ1v) is 12.1. The number of rotatable bonds is 7. The van der Waals surface area contributed by atoms with E-state index in [1.807, 2.05) is 25.1 Å². The zero-order valence-electron chi connectivity index (χ0n) is 19.0. The Kier molecular flexibility index (Phi) is 7.39. The first-order valence-electron chi connectivity index (χ1n) is 11.3. The fourth-order valence-electron chi connectivity index (χ4n) is 4.71. The number of benzene rings is 2. The molecule has 1 amide bonds. The molecule has 2 heterocycles. The standard InChI is InChI=1S/C25H30Cl2N2O4/c1-25(16-23(30)29(24(25)31)18-7-8-19(26)20(27)15-18)17-6-9-21(32-2)22(14-17)33-13-12-28-10-4-3-5-11-28/h6-9,14-15,23,30H,3-5,10-13,16H2,1-2H3. The van der Waals surface area contributed by atoms with E-state index >= 15 is 0 Å². The number of halogens is 2. The van der Waals surface area contributed by atoms with E-state index in [9.17, 15) is 9.90 Å². The van der Waals surface area contributed by atoms with Gasteiger partial charge in [-0.2, -0.15) is 0 Å². The lowest BCUT2D eigenvalue weighted by Gasteiger charge is -2.27. The molecule has 33 heavy (non-hydrogen) atoms. The largest absolute Gasteiger partial charge is 0.493 e. The number of amides is 1. The van der Waals surface area contributed by atoms with Crippen LogP contribution in [0.4, 0.5) is 5.69 Å². The molecule has 2 aliphatic rings. The van der Waals surface area contributed by atoms with Crippen molar-refractivity contribution in [1.29, 1.82) is 0 Å². The van der Waals surface area contributed by atoms with E-state index < -0.39 is 11.6 Å². The van der Waals surface area contributed by atoms with E-state index in [1.165, 1.54) is 24.2 Å². The molecule has 2 aromatic rings. The number of likely N-dealkylation sites (tertiary alicyclic amines) is 1. The molecule has 178 valence electrons. The zero-order valence-corrected chi connectivity index (χ0v) is 20.5. The van der Waals surface area contributed by atoms with Gasteiger partial charge in [0.25, 0.3) is 0 Å². The van der Waals surface area contributed by atoms with Crippen molar-refractivity contribution in [3.63, 3.8) is 0 Å². The van der Waals surface area contributed by atoms with Crippen LogP contribution in [0.3, 0.4) is 0 Å². The van der Waals surface area contributed by atoms with E-state index in [0.29, 0.717) is 33.8 Å². The average Bonchev–Trinajstić information content (AvgIpc) is 3.05. The van der Waals surface area contributed by atoms with Crippen molar-refractivity contribution >= 4 is 34.8 Å².